The monoisotopic (exact) mass is 382 g/mol. The number of carbonyl (C=O) groups is 2. The van der Waals surface area contributed by atoms with Gasteiger partial charge in [0.05, 0.1) is 5.56 Å². The number of carbonyl (C=O) groups excluding carboxylic acids is 2. The summed E-state index contributed by atoms with van der Waals surface area (Å²) in [6.45, 7) is 0.318. The molecule has 0 fully saturated rings. The van der Waals surface area contributed by atoms with Gasteiger partial charge in [0.25, 0.3) is 5.91 Å². The van der Waals surface area contributed by atoms with Crippen LogP contribution < -0.4 is 16.4 Å². The minimum atomic E-state index is -0.627. The van der Waals surface area contributed by atoms with Crippen LogP contribution >= 0.6 is 27.5 Å². The molecule has 0 aliphatic rings. The zero-order valence-corrected chi connectivity index (χ0v) is 13.6. The molecule has 1 aromatic carbocycles. The third-order valence-corrected chi connectivity index (χ3v) is 3.46. The molecule has 0 spiro atoms. The molecule has 0 bridgehead atoms. The fraction of sp³-hybridized carbons (Fsp3) is 0.0714. The van der Waals surface area contributed by atoms with Crippen LogP contribution in [-0.2, 0) is 6.54 Å². The predicted octanol–water partition coefficient (Wildman–Crippen LogP) is 2.92. The van der Waals surface area contributed by atoms with E-state index in [4.69, 9.17) is 17.3 Å². The van der Waals surface area contributed by atoms with E-state index in [1.807, 2.05) is 0 Å². The highest BCUT2D eigenvalue weighted by Gasteiger charge is 2.11. The molecule has 0 saturated carbocycles. The Morgan fingerprint density at radius 1 is 1.27 bits per heavy atom. The molecule has 1 heterocycles. The lowest BCUT2D eigenvalue weighted by molar-refractivity contribution is 0.0950. The number of pyridine rings is 1. The molecule has 2 rings (SSSR count). The zero-order valence-electron chi connectivity index (χ0n) is 11.3. The first-order valence-corrected chi connectivity index (χ1v) is 7.37. The Hall–Kier alpha value is -2.12. The third-order valence-electron chi connectivity index (χ3n) is 2.72. The van der Waals surface area contributed by atoms with Crippen LogP contribution in [-0.4, -0.2) is 16.9 Å². The first kappa shape index (κ1) is 16.3. The highest BCUT2D eigenvalue weighted by Crippen LogP contribution is 2.18. The smallest absolute Gasteiger partial charge is 0.316 e. The van der Waals surface area contributed by atoms with Gasteiger partial charge in [0.1, 0.15) is 5.15 Å². The zero-order chi connectivity index (χ0) is 16.1. The minimum Gasteiger partial charge on any atom is -0.351 e. The molecule has 8 heteroatoms. The number of hydrogen-bond acceptors (Lipinski definition) is 3. The molecule has 1 aromatic heterocycles. The van der Waals surface area contributed by atoms with Crippen LogP contribution in [0.5, 0.6) is 0 Å². The average Bonchev–Trinajstić information content (AvgIpc) is 2.48. The lowest BCUT2D eigenvalue weighted by Crippen LogP contribution is -2.23. The fourth-order valence-corrected chi connectivity index (χ4v) is 2.23. The van der Waals surface area contributed by atoms with Crippen LogP contribution in [0.15, 0.2) is 41.0 Å². The van der Waals surface area contributed by atoms with Crippen molar-refractivity contribution in [3.05, 3.63) is 57.3 Å². The van der Waals surface area contributed by atoms with Crippen molar-refractivity contribution in [1.29, 1.82) is 0 Å². The van der Waals surface area contributed by atoms with Crippen molar-refractivity contribution in [3.63, 3.8) is 0 Å². The molecule has 6 nitrogen and oxygen atoms in total. The molecule has 0 atom stereocenters. The van der Waals surface area contributed by atoms with Crippen molar-refractivity contribution in [2.24, 2.45) is 5.73 Å². The van der Waals surface area contributed by atoms with Gasteiger partial charge in [-0.05, 0) is 39.7 Å². The van der Waals surface area contributed by atoms with Crippen LogP contribution in [0.25, 0.3) is 0 Å². The summed E-state index contributed by atoms with van der Waals surface area (Å²) >= 11 is 9.14. The first-order chi connectivity index (χ1) is 10.5. The molecule has 4 N–H and O–H groups in total. The van der Waals surface area contributed by atoms with Crippen molar-refractivity contribution in [2.45, 2.75) is 6.54 Å². The van der Waals surface area contributed by atoms with Gasteiger partial charge >= 0.3 is 6.03 Å². The number of benzene rings is 1. The third kappa shape index (κ3) is 4.44. The Morgan fingerprint density at radius 2 is 1.95 bits per heavy atom. The summed E-state index contributed by atoms with van der Waals surface area (Å²) in [6.07, 6.45) is 1.52. The average molecular weight is 384 g/mol. The Kier molecular flexibility index (Phi) is 5.35. The second kappa shape index (κ2) is 7.24. The number of nitrogens with one attached hydrogen (secondary N) is 2. The quantitative estimate of drug-likeness (QED) is 0.708. The van der Waals surface area contributed by atoms with E-state index in [2.05, 4.69) is 31.5 Å². The molecule has 114 valence electrons. The summed E-state index contributed by atoms with van der Waals surface area (Å²) in [7, 11) is 0. The van der Waals surface area contributed by atoms with Crippen molar-refractivity contribution < 1.29 is 9.59 Å². The van der Waals surface area contributed by atoms with E-state index in [-0.39, 0.29) is 11.1 Å². The highest BCUT2D eigenvalue weighted by atomic mass is 79.9. The number of primary amides is 1. The number of hydrogen-bond donors (Lipinski definition) is 3. The molecule has 3 amide bonds. The molecule has 0 saturated heterocycles. The van der Waals surface area contributed by atoms with Gasteiger partial charge in [0.15, 0.2) is 0 Å². The van der Waals surface area contributed by atoms with Crippen LogP contribution in [0, 0.1) is 0 Å². The van der Waals surface area contributed by atoms with E-state index in [1.165, 1.54) is 6.20 Å². The molecular formula is C14H12BrClN4O2. The molecule has 2 aromatic rings. The van der Waals surface area contributed by atoms with Gasteiger partial charge < -0.3 is 16.4 Å². The van der Waals surface area contributed by atoms with E-state index in [0.717, 1.165) is 5.56 Å². The van der Waals surface area contributed by atoms with Gasteiger partial charge in [-0.3, -0.25) is 4.79 Å². The lowest BCUT2D eigenvalue weighted by Gasteiger charge is -2.08. The number of amides is 3. The van der Waals surface area contributed by atoms with Gasteiger partial charge in [-0.1, -0.05) is 23.7 Å². The van der Waals surface area contributed by atoms with E-state index in [9.17, 15) is 9.59 Å². The highest BCUT2D eigenvalue weighted by molar-refractivity contribution is 9.10. The molecular weight excluding hydrogens is 372 g/mol. The van der Waals surface area contributed by atoms with Crippen LogP contribution in [0.3, 0.4) is 0 Å². The van der Waals surface area contributed by atoms with E-state index in [1.54, 1.807) is 30.3 Å². The van der Waals surface area contributed by atoms with E-state index < -0.39 is 6.03 Å². The van der Waals surface area contributed by atoms with Gasteiger partial charge in [-0.15, -0.1) is 0 Å². The maximum atomic E-state index is 12.1. The standard InChI is InChI=1S/C14H12BrClN4O2/c15-9-5-11(12(16)18-7-9)13(21)19-6-8-1-3-10(4-2-8)20-14(17)22/h1-5,7H,6H2,(H,19,21)(H3,17,20,22). The van der Waals surface area contributed by atoms with Crippen molar-refractivity contribution >= 4 is 45.2 Å². The van der Waals surface area contributed by atoms with Gasteiger partial charge in [0.2, 0.25) is 0 Å². The minimum absolute atomic E-state index is 0.140. The second-order valence-electron chi connectivity index (χ2n) is 4.36. The molecule has 0 aliphatic carbocycles. The van der Waals surface area contributed by atoms with E-state index in [0.29, 0.717) is 22.3 Å². The topological polar surface area (TPSA) is 97.1 Å². The fourth-order valence-electron chi connectivity index (χ4n) is 1.71. The number of nitrogens with two attached hydrogens (primary N) is 1. The second-order valence-corrected chi connectivity index (χ2v) is 5.63. The molecule has 0 unspecified atom stereocenters. The molecule has 0 aliphatic heterocycles. The van der Waals surface area contributed by atoms with Gasteiger partial charge in [-0.25, -0.2) is 9.78 Å². The Labute approximate surface area is 140 Å². The Bertz CT molecular complexity index is 706. The number of halogens is 2. The van der Waals surface area contributed by atoms with Crippen LogP contribution in [0.4, 0.5) is 10.5 Å². The summed E-state index contributed by atoms with van der Waals surface area (Å²) in [5.41, 5.74) is 6.77. The summed E-state index contributed by atoms with van der Waals surface area (Å²) in [5.74, 6) is -0.321. The number of nitrogens with zero attached hydrogens (tertiary/aromatic N) is 1. The summed E-state index contributed by atoms with van der Waals surface area (Å²) in [4.78, 5) is 26.7. The maximum Gasteiger partial charge on any atom is 0.316 e. The van der Waals surface area contributed by atoms with Gasteiger partial charge in [-0.2, -0.15) is 0 Å². The largest absolute Gasteiger partial charge is 0.351 e. The number of anilines is 1. The van der Waals surface area contributed by atoms with Crippen LogP contribution in [0.2, 0.25) is 5.15 Å². The van der Waals surface area contributed by atoms with Crippen molar-refractivity contribution in [3.8, 4) is 0 Å². The van der Waals surface area contributed by atoms with Crippen molar-refractivity contribution in [1.82, 2.24) is 10.3 Å². The summed E-state index contributed by atoms with van der Waals surface area (Å²) in [6, 6.07) is 7.90. The lowest BCUT2D eigenvalue weighted by atomic mass is 10.2. The number of rotatable bonds is 4. The SMILES string of the molecule is NC(=O)Nc1ccc(CNC(=O)c2cc(Br)cnc2Cl)cc1. The maximum absolute atomic E-state index is 12.1. The summed E-state index contributed by atoms with van der Waals surface area (Å²) in [5, 5.41) is 5.34. The van der Waals surface area contributed by atoms with E-state index >= 15 is 0 Å². The first-order valence-electron chi connectivity index (χ1n) is 6.20. The number of aromatic nitrogens is 1. The Balaban J connectivity index is 1.99. The van der Waals surface area contributed by atoms with Crippen molar-refractivity contribution in [2.75, 3.05) is 5.32 Å². The number of urea groups is 1. The van der Waals surface area contributed by atoms with Crippen LogP contribution in [0.1, 0.15) is 15.9 Å². The summed E-state index contributed by atoms with van der Waals surface area (Å²) < 4.78 is 0.670. The molecule has 22 heavy (non-hydrogen) atoms. The molecule has 0 radical (unpaired) electrons. The normalized spacial score (nSPS) is 10.1. The Morgan fingerprint density at radius 3 is 2.59 bits per heavy atom. The van der Waals surface area contributed by atoms with Gasteiger partial charge in [0, 0.05) is 22.9 Å². The predicted molar refractivity (Wildman–Crippen MR) is 87.8 cm³/mol.